The van der Waals surface area contributed by atoms with Gasteiger partial charge in [-0.15, -0.1) is 0 Å². The molecule has 1 fully saturated rings. The lowest BCUT2D eigenvalue weighted by Crippen LogP contribution is -2.48. The summed E-state index contributed by atoms with van der Waals surface area (Å²) >= 11 is 0. The number of rotatable bonds is 5. The third kappa shape index (κ3) is 3.85. The van der Waals surface area contributed by atoms with Crippen LogP contribution in [-0.4, -0.2) is 45.5 Å². The average molecular weight is 325 g/mol. The molecule has 22 heavy (non-hydrogen) atoms. The summed E-state index contributed by atoms with van der Waals surface area (Å²) in [5, 5.41) is 12.7. The number of amides is 1. The van der Waals surface area contributed by atoms with Crippen LogP contribution < -0.4 is 5.32 Å². The number of carbonyl (C=O) groups is 1. The Balaban J connectivity index is 1.99. The summed E-state index contributed by atoms with van der Waals surface area (Å²) in [7, 11) is 1.13. The fourth-order valence-electron chi connectivity index (χ4n) is 1.99. The van der Waals surface area contributed by atoms with Crippen molar-refractivity contribution in [1.82, 2.24) is 4.31 Å². The third-order valence-electron chi connectivity index (χ3n) is 3.98. The van der Waals surface area contributed by atoms with Crippen molar-refractivity contribution in [1.29, 1.82) is 0 Å². The molecule has 1 aromatic rings. The van der Waals surface area contributed by atoms with Gasteiger partial charge in [0.05, 0.1) is 6.54 Å². The van der Waals surface area contributed by atoms with E-state index in [9.17, 15) is 14.1 Å². The van der Waals surface area contributed by atoms with E-state index in [1.165, 1.54) is 0 Å². The van der Waals surface area contributed by atoms with Crippen LogP contribution in [0.3, 0.4) is 0 Å². The number of benzene rings is 1. The molecule has 0 bridgehead atoms. The second-order valence-corrected chi connectivity index (χ2v) is 8.41. The summed E-state index contributed by atoms with van der Waals surface area (Å²) in [6.45, 7) is 0.353. The van der Waals surface area contributed by atoms with E-state index in [1.54, 1.807) is 36.8 Å². The molecule has 1 saturated carbocycles. The Bertz CT molecular complexity index is 657. The second kappa shape index (κ2) is 6.36. The minimum atomic E-state index is -2.34. The lowest BCUT2D eigenvalue weighted by Gasteiger charge is -2.34. The largest absolute Gasteiger partial charge is 0.380 e. The first-order valence-electron chi connectivity index (χ1n) is 7.21. The average Bonchev–Trinajstić information content (AvgIpc) is 2.43. The third-order valence-corrected chi connectivity index (χ3v) is 5.94. The molecule has 0 aliphatic heterocycles. The summed E-state index contributed by atoms with van der Waals surface area (Å²) in [4.78, 5) is 11.9. The van der Waals surface area contributed by atoms with E-state index >= 15 is 0 Å². The van der Waals surface area contributed by atoms with Crippen LogP contribution in [0.4, 0.5) is 5.69 Å². The number of aliphatic hydroxyl groups is 1. The maximum atomic E-state index is 12.1. The highest BCUT2D eigenvalue weighted by atomic mass is 32.2. The van der Waals surface area contributed by atoms with Crippen molar-refractivity contribution in [3.8, 4) is 0 Å². The SMILES string of the molecule is CN(C)S(C)(=O)=NCc1ccc(NC(=O)C2(O)CCC2)cc1. The molecule has 1 aliphatic rings. The van der Waals surface area contributed by atoms with E-state index in [0.717, 1.165) is 12.0 Å². The molecule has 7 heteroatoms. The maximum Gasteiger partial charge on any atom is 0.256 e. The number of carbonyl (C=O) groups excluding carboxylic acids is 1. The number of hydrogen-bond donors (Lipinski definition) is 2. The number of nitrogens with zero attached hydrogens (tertiary/aromatic N) is 2. The van der Waals surface area contributed by atoms with Crippen molar-refractivity contribution >= 4 is 21.5 Å². The number of nitrogens with one attached hydrogen (secondary N) is 1. The second-order valence-electron chi connectivity index (χ2n) is 5.90. The highest BCUT2D eigenvalue weighted by Crippen LogP contribution is 2.32. The molecular weight excluding hydrogens is 302 g/mol. The lowest BCUT2D eigenvalue weighted by atomic mass is 9.79. The monoisotopic (exact) mass is 325 g/mol. The van der Waals surface area contributed by atoms with Crippen LogP contribution in [0.25, 0.3) is 0 Å². The van der Waals surface area contributed by atoms with E-state index in [1.807, 2.05) is 12.1 Å². The predicted molar refractivity (Wildman–Crippen MR) is 87.8 cm³/mol. The number of hydrogen-bond acceptors (Lipinski definition) is 4. The van der Waals surface area contributed by atoms with Crippen molar-refractivity contribution in [3.63, 3.8) is 0 Å². The molecule has 0 saturated heterocycles. The van der Waals surface area contributed by atoms with Gasteiger partial charge in [0, 0.05) is 26.0 Å². The van der Waals surface area contributed by atoms with Gasteiger partial charge in [-0.1, -0.05) is 12.1 Å². The van der Waals surface area contributed by atoms with Gasteiger partial charge in [-0.05, 0) is 37.0 Å². The summed E-state index contributed by atoms with van der Waals surface area (Å²) in [6, 6.07) is 7.18. The van der Waals surface area contributed by atoms with Gasteiger partial charge in [-0.3, -0.25) is 4.79 Å². The van der Waals surface area contributed by atoms with Crippen LogP contribution in [0, 0.1) is 0 Å². The Morgan fingerprint density at radius 2 is 1.95 bits per heavy atom. The van der Waals surface area contributed by atoms with Crippen LogP contribution in [-0.2, 0) is 21.3 Å². The molecule has 122 valence electrons. The number of anilines is 1. The Hall–Kier alpha value is -1.44. The summed E-state index contributed by atoms with van der Waals surface area (Å²) in [5.74, 6) is -0.347. The molecule has 2 rings (SSSR count). The Morgan fingerprint density at radius 3 is 2.41 bits per heavy atom. The Kier molecular flexibility index (Phi) is 4.89. The first-order valence-corrected chi connectivity index (χ1v) is 9.09. The molecule has 2 N–H and O–H groups in total. The molecule has 6 nitrogen and oxygen atoms in total. The minimum Gasteiger partial charge on any atom is -0.380 e. The van der Waals surface area contributed by atoms with Gasteiger partial charge in [-0.2, -0.15) is 0 Å². The first kappa shape index (κ1) is 16.9. The standard InChI is InChI=1S/C15H23N3O3S/c1-18(2)22(3,21)16-11-12-5-7-13(8-6-12)17-14(19)15(20)9-4-10-15/h5-8,20H,4,9-11H2,1-3H3,(H,17,19). The smallest absolute Gasteiger partial charge is 0.256 e. The normalized spacial score (nSPS) is 19.1. The van der Waals surface area contributed by atoms with E-state index < -0.39 is 15.5 Å². The topological polar surface area (TPSA) is 82.0 Å². The molecule has 1 amide bonds. The zero-order valence-corrected chi connectivity index (χ0v) is 14.0. The van der Waals surface area contributed by atoms with Crippen LogP contribution in [0.2, 0.25) is 0 Å². The molecule has 0 radical (unpaired) electrons. The van der Waals surface area contributed by atoms with Crippen LogP contribution in [0.5, 0.6) is 0 Å². The molecule has 1 aromatic carbocycles. The van der Waals surface area contributed by atoms with E-state index in [4.69, 9.17) is 0 Å². The fourth-order valence-corrected chi connectivity index (χ4v) is 2.61. The van der Waals surface area contributed by atoms with Crippen molar-refractivity contribution < 1.29 is 14.1 Å². The summed E-state index contributed by atoms with van der Waals surface area (Å²) in [6.07, 6.45) is 3.52. The van der Waals surface area contributed by atoms with E-state index in [-0.39, 0.29) is 5.91 Å². The van der Waals surface area contributed by atoms with Crippen LogP contribution in [0.1, 0.15) is 24.8 Å². The Labute approximate surface area is 131 Å². The molecule has 1 aliphatic carbocycles. The maximum absolute atomic E-state index is 12.1. The molecule has 0 spiro atoms. The summed E-state index contributed by atoms with van der Waals surface area (Å²) in [5.41, 5.74) is 0.351. The van der Waals surface area contributed by atoms with Gasteiger partial charge in [0.1, 0.15) is 15.5 Å². The lowest BCUT2D eigenvalue weighted by molar-refractivity contribution is -0.142. The highest BCUT2D eigenvalue weighted by Gasteiger charge is 2.41. The van der Waals surface area contributed by atoms with E-state index in [0.29, 0.717) is 25.1 Å². The van der Waals surface area contributed by atoms with Gasteiger partial charge in [-0.25, -0.2) is 12.9 Å². The minimum absolute atomic E-state index is 0.347. The molecule has 0 heterocycles. The fraction of sp³-hybridized carbons (Fsp3) is 0.533. The van der Waals surface area contributed by atoms with Gasteiger partial charge in [0.25, 0.3) is 5.91 Å². The van der Waals surface area contributed by atoms with Crippen LogP contribution in [0.15, 0.2) is 28.6 Å². The van der Waals surface area contributed by atoms with Crippen molar-refractivity contribution in [2.45, 2.75) is 31.4 Å². The molecule has 1 atom stereocenters. The molecular formula is C15H23N3O3S. The first-order chi connectivity index (χ1) is 10.2. The highest BCUT2D eigenvalue weighted by molar-refractivity contribution is 7.90. The van der Waals surface area contributed by atoms with E-state index in [2.05, 4.69) is 9.68 Å². The predicted octanol–water partition coefficient (Wildman–Crippen LogP) is 1.61. The van der Waals surface area contributed by atoms with Gasteiger partial charge < -0.3 is 10.4 Å². The van der Waals surface area contributed by atoms with Gasteiger partial charge >= 0.3 is 0 Å². The van der Waals surface area contributed by atoms with Crippen molar-refractivity contribution in [2.75, 3.05) is 25.7 Å². The van der Waals surface area contributed by atoms with Crippen molar-refractivity contribution in [2.24, 2.45) is 4.36 Å². The van der Waals surface area contributed by atoms with Crippen LogP contribution >= 0.6 is 0 Å². The quantitative estimate of drug-likeness (QED) is 0.863. The van der Waals surface area contributed by atoms with Crippen molar-refractivity contribution in [3.05, 3.63) is 29.8 Å². The molecule has 1 unspecified atom stereocenters. The van der Waals surface area contributed by atoms with Gasteiger partial charge in [0.2, 0.25) is 0 Å². The Morgan fingerprint density at radius 1 is 1.36 bits per heavy atom. The zero-order valence-electron chi connectivity index (χ0n) is 13.2. The zero-order chi connectivity index (χ0) is 16.4. The summed E-state index contributed by atoms with van der Waals surface area (Å²) < 4.78 is 17.9. The van der Waals surface area contributed by atoms with Gasteiger partial charge in [0.15, 0.2) is 0 Å². The molecule has 0 aromatic heterocycles.